The first-order chi connectivity index (χ1) is 9.93. The SMILES string of the molecule is CCc1nn(C)c(NCc2cc(F)ccc2F)c1[N+](=O)[O-]. The highest BCUT2D eigenvalue weighted by molar-refractivity contribution is 5.60. The summed E-state index contributed by atoms with van der Waals surface area (Å²) in [5, 5.41) is 17.9. The summed E-state index contributed by atoms with van der Waals surface area (Å²) >= 11 is 0. The van der Waals surface area contributed by atoms with Gasteiger partial charge in [-0.2, -0.15) is 5.10 Å². The van der Waals surface area contributed by atoms with Crippen LogP contribution >= 0.6 is 0 Å². The zero-order chi connectivity index (χ0) is 15.6. The van der Waals surface area contributed by atoms with Gasteiger partial charge in [0.05, 0.1) is 4.92 Å². The molecule has 1 N–H and O–H groups in total. The van der Waals surface area contributed by atoms with Crippen molar-refractivity contribution in [3.05, 3.63) is 51.2 Å². The van der Waals surface area contributed by atoms with Crippen molar-refractivity contribution in [1.82, 2.24) is 9.78 Å². The van der Waals surface area contributed by atoms with E-state index in [2.05, 4.69) is 10.4 Å². The van der Waals surface area contributed by atoms with E-state index >= 15 is 0 Å². The molecule has 0 unspecified atom stereocenters. The van der Waals surface area contributed by atoms with Crippen LogP contribution in [0.4, 0.5) is 20.3 Å². The standard InChI is InChI=1S/C13H14F2N4O2/c1-3-11-12(19(20)21)13(18(2)17-11)16-7-8-6-9(14)4-5-10(8)15/h4-6,16H,3,7H2,1-2H3. The Balaban J connectivity index is 2.30. The molecule has 112 valence electrons. The molecular weight excluding hydrogens is 282 g/mol. The minimum absolute atomic E-state index is 0.0763. The van der Waals surface area contributed by atoms with E-state index in [1.54, 1.807) is 14.0 Å². The number of nitro groups is 1. The Morgan fingerprint density at radius 2 is 2.14 bits per heavy atom. The third-order valence-electron chi connectivity index (χ3n) is 3.06. The van der Waals surface area contributed by atoms with Crippen LogP contribution in [0.15, 0.2) is 18.2 Å². The minimum Gasteiger partial charge on any atom is -0.360 e. The molecule has 2 rings (SSSR count). The number of aryl methyl sites for hydroxylation is 2. The van der Waals surface area contributed by atoms with E-state index in [1.165, 1.54) is 4.68 Å². The monoisotopic (exact) mass is 296 g/mol. The summed E-state index contributed by atoms with van der Waals surface area (Å²) in [6.45, 7) is 1.68. The van der Waals surface area contributed by atoms with Crippen LogP contribution < -0.4 is 5.32 Å². The van der Waals surface area contributed by atoms with Crippen molar-refractivity contribution in [1.29, 1.82) is 0 Å². The summed E-state index contributed by atoms with van der Waals surface area (Å²) in [7, 11) is 1.55. The first-order valence-electron chi connectivity index (χ1n) is 6.32. The molecule has 0 aliphatic carbocycles. The van der Waals surface area contributed by atoms with Gasteiger partial charge in [0.25, 0.3) is 0 Å². The number of rotatable bonds is 5. The average molecular weight is 296 g/mol. The Morgan fingerprint density at radius 1 is 1.43 bits per heavy atom. The predicted octanol–water partition coefficient (Wildman–Crippen LogP) is 2.78. The molecule has 1 aromatic carbocycles. The maximum atomic E-state index is 13.5. The van der Waals surface area contributed by atoms with E-state index in [1.807, 2.05) is 0 Å². The van der Waals surface area contributed by atoms with Crippen molar-refractivity contribution in [3.63, 3.8) is 0 Å². The Bertz CT molecular complexity index is 685. The van der Waals surface area contributed by atoms with Gasteiger partial charge in [0.1, 0.15) is 17.3 Å². The van der Waals surface area contributed by atoms with Gasteiger partial charge in [-0.05, 0) is 24.6 Å². The Hall–Kier alpha value is -2.51. The molecule has 0 fully saturated rings. The van der Waals surface area contributed by atoms with Crippen LogP contribution in [0.1, 0.15) is 18.2 Å². The van der Waals surface area contributed by atoms with Crippen LogP contribution in [0.25, 0.3) is 0 Å². The Labute approximate surface area is 119 Å². The molecule has 0 aliphatic rings. The third kappa shape index (κ3) is 2.99. The molecule has 0 atom stereocenters. The molecule has 2 aromatic rings. The van der Waals surface area contributed by atoms with Gasteiger partial charge < -0.3 is 5.32 Å². The van der Waals surface area contributed by atoms with Gasteiger partial charge in [-0.3, -0.25) is 10.1 Å². The van der Waals surface area contributed by atoms with Crippen LogP contribution in [-0.2, 0) is 20.0 Å². The highest BCUT2D eigenvalue weighted by atomic mass is 19.1. The molecular formula is C13H14F2N4O2. The maximum absolute atomic E-state index is 13.5. The molecule has 21 heavy (non-hydrogen) atoms. The number of aromatic nitrogens is 2. The molecule has 0 saturated heterocycles. The summed E-state index contributed by atoms with van der Waals surface area (Å²) < 4.78 is 28.0. The van der Waals surface area contributed by atoms with Gasteiger partial charge >= 0.3 is 5.69 Å². The van der Waals surface area contributed by atoms with E-state index in [0.717, 1.165) is 18.2 Å². The average Bonchev–Trinajstić information content (AvgIpc) is 2.76. The van der Waals surface area contributed by atoms with Gasteiger partial charge in [-0.15, -0.1) is 0 Å². The van der Waals surface area contributed by atoms with E-state index in [9.17, 15) is 18.9 Å². The quantitative estimate of drug-likeness (QED) is 0.680. The first kappa shape index (κ1) is 14.9. The summed E-state index contributed by atoms with van der Waals surface area (Å²) in [6, 6.07) is 3.08. The fourth-order valence-electron chi connectivity index (χ4n) is 2.05. The lowest BCUT2D eigenvalue weighted by atomic mass is 10.2. The van der Waals surface area contributed by atoms with E-state index in [-0.39, 0.29) is 23.6 Å². The minimum atomic E-state index is -0.579. The summed E-state index contributed by atoms with van der Waals surface area (Å²) in [5.74, 6) is -0.980. The van der Waals surface area contributed by atoms with E-state index in [4.69, 9.17) is 0 Å². The number of hydrogen-bond donors (Lipinski definition) is 1. The highest BCUT2D eigenvalue weighted by Gasteiger charge is 2.25. The van der Waals surface area contributed by atoms with Gasteiger partial charge in [-0.25, -0.2) is 13.5 Å². The number of anilines is 1. The molecule has 0 spiro atoms. The van der Waals surface area contributed by atoms with Crippen molar-refractivity contribution >= 4 is 11.5 Å². The highest BCUT2D eigenvalue weighted by Crippen LogP contribution is 2.29. The van der Waals surface area contributed by atoms with Crippen molar-refractivity contribution in [2.75, 3.05) is 5.32 Å². The van der Waals surface area contributed by atoms with E-state index < -0.39 is 16.6 Å². The van der Waals surface area contributed by atoms with Crippen molar-refractivity contribution < 1.29 is 13.7 Å². The van der Waals surface area contributed by atoms with Crippen LogP contribution in [0, 0.1) is 21.7 Å². The largest absolute Gasteiger partial charge is 0.360 e. The molecule has 1 heterocycles. The first-order valence-corrected chi connectivity index (χ1v) is 6.32. The summed E-state index contributed by atoms with van der Waals surface area (Å²) in [6.07, 6.45) is 0.403. The van der Waals surface area contributed by atoms with E-state index in [0.29, 0.717) is 12.1 Å². The Morgan fingerprint density at radius 3 is 2.76 bits per heavy atom. The third-order valence-corrected chi connectivity index (χ3v) is 3.06. The molecule has 0 radical (unpaired) electrons. The van der Waals surface area contributed by atoms with Gasteiger partial charge in [0.15, 0.2) is 0 Å². The fourth-order valence-corrected chi connectivity index (χ4v) is 2.05. The summed E-state index contributed by atoms with van der Waals surface area (Å²) in [4.78, 5) is 10.6. The topological polar surface area (TPSA) is 73.0 Å². The lowest BCUT2D eigenvalue weighted by Crippen LogP contribution is -2.08. The second kappa shape index (κ2) is 5.86. The predicted molar refractivity (Wildman–Crippen MR) is 72.9 cm³/mol. The van der Waals surface area contributed by atoms with Crippen LogP contribution in [0.2, 0.25) is 0 Å². The van der Waals surface area contributed by atoms with Crippen LogP contribution in [-0.4, -0.2) is 14.7 Å². The number of hydrogen-bond acceptors (Lipinski definition) is 4. The van der Waals surface area contributed by atoms with Crippen molar-refractivity contribution in [2.24, 2.45) is 7.05 Å². The number of benzene rings is 1. The van der Waals surface area contributed by atoms with Crippen LogP contribution in [0.5, 0.6) is 0 Å². The molecule has 0 aliphatic heterocycles. The normalized spacial score (nSPS) is 10.7. The fraction of sp³-hybridized carbons (Fsp3) is 0.308. The zero-order valence-corrected chi connectivity index (χ0v) is 11.6. The number of nitrogens with zero attached hydrogens (tertiary/aromatic N) is 3. The van der Waals surface area contributed by atoms with Gasteiger partial charge in [0, 0.05) is 19.2 Å². The Kier molecular flexibility index (Phi) is 4.15. The van der Waals surface area contributed by atoms with Gasteiger partial charge in [0.2, 0.25) is 5.82 Å². The molecule has 6 nitrogen and oxygen atoms in total. The second-order valence-electron chi connectivity index (χ2n) is 4.47. The lowest BCUT2D eigenvalue weighted by molar-refractivity contribution is -0.384. The van der Waals surface area contributed by atoms with Crippen LogP contribution in [0.3, 0.4) is 0 Å². The number of halogens is 2. The zero-order valence-electron chi connectivity index (χ0n) is 11.6. The molecule has 1 aromatic heterocycles. The molecule has 0 amide bonds. The van der Waals surface area contributed by atoms with Gasteiger partial charge in [-0.1, -0.05) is 6.92 Å². The number of nitrogens with one attached hydrogen (secondary N) is 1. The van der Waals surface area contributed by atoms with Crippen molar-refractivity contribution in [2.45, 2.75) is 19.9 Å². The molecule has 0 saturated carbocycles. The summed E-state index contributed by atoms with van der Waals surface area (Å²) in [5.41, 5.74) is 0.282. The van der Waals surface area contributed by atoms with Crippen molar-refractivity contribution in [3.8, 4) is 0 Å². The maximum Gasteiger partial charge on any atom is 0.333 e. The molecule has 8 heteroatoms. The second-order valence-corrected chi connectivity index (χ2v) is 4.47. The molecule has 0 bridgehead atoms. The smallest absolute Gasteiger partial charge is 0.333 e. The lowest BCUT2D eigenvalue weighted by Gasteiger charge is -2.07.